The molecule has 0 fully saturated rings. The number of hydrogen-bond acceptors (Lipinski definition) is 2. The van der Waals surface area contributed by atoms with E-state index in [4.69, 9.17) is 10.5 Å². The van der Waals surface area contributed by atoms with Crippen molar-refractivity contribution in [2.45, 2.75) is 26.9 Å². The molecule has 13 heavy (non-hydrogen) atoms. The summed E-state index contributed by atoms with van der Waals surface area (Å²) < 4.78 is 5.45. The first kappa shape index (κ1) is 12.0. The normalized spacial score (nSPS) is 13.3. The molecule has 0 unspecified atom stereocenters. The molecule has 0 heterocycles. The highest BCUT2D eigenvalue weighted by molar-refractivity contribution is 5.20. The Balaban J connectivity index is 4.30. The lowest BCUT2D eigenvalue weighted by atomic mass is 10.2. The minimum atomic E-state index is 0.177. The second-order valence-corrected chi connectivity index (χ2v) is 3.16. The third-order valence-electron chi connectivity index (χ3n) is 1.43. The van der Waals surface area contributed by atoms with E-state index >= 15 is 0 Å². The van der Waals surface area contributed by atoms with E-state index in [2.05, 4.69) is 6.58 Å². The summed E-state index contributed by atoms with van der Waals surface area (Å²) in [4.78, 5) is 0. The van der Waals surface area contributed by atoms with E-state index in [0.29, 0.717) is 6.54 Å². The van der Waals surface area contributed by atoms with Crippen molar-refractivity contribution in [1.82, 2.24) is 0 Å². The zero-order valence-electron chi connectivity index (χ0n) is 8.71. The summed E-state index contributed by atoms with van der Waals surface area (Å²) in [5.41, 5.74) is 6.55. The van der Waals surface area contributed by atoms with Crippen LogP contribution < -0.4 is 5.73 Å². The molecule has 0 saturated heterocycles. The third kappa shape index (κ3) is 6.17. The highest BCUT2D eigenvalue weighted by Crippen LogP contribution is 2.04. The molecule has 2 heteroatoms. The Bertz CT molecular complexity index is 214. The Morgan fingerprint density at radius 1 is 1.46 bits per heavy atom. The van der Waals surface area contributed by atoms with Crippen LogP contribution in [0.25, 0.3) is 0 Å². The van der Waals surface area contributed by atoms with Crippen molar-refractivity contribution < 1.29 is 4.74 Å². The fraction of sp³-hybridized carbons (Fsp3) is 0.455. The highest BCUT2D eigenvalue weighted by Gasteiger charge is 1.94. The van der Waals surface area contributed by atoms with Gasteiger partial charge in [-0.25, -0.2) is 0 Å². The van der Waals surface area contributed by atoms with E-state index in [9.17, 15) is 0 Å². The molecule has 0 aliphatic carbocycles. The van der Waals surface area contributed by atoms with Gasteiger partial charge < -0.3 is 10.5 Å². The van der Waals surface area contributed by atoms with Crippen LogP contribution in [-0.2, 0) is 4.74 Å². The molecule has 0 aromatic rings. The van der Waals surface area contributed by atoms with E-state index in [0.717, 1.165) is 11.3 Å². The minimum Gasteiger partial charge on any atom is -0.491 e. The average molecular weight is 181 g/mol. The Morgan fingerprint density at radius 3 is 2.46 bits per heavy atom. The van der Waals surface area contributed by atoms with Crippen molar-refractivity contribution in [1.29, 1.82) is 0 Å². The lowest BCUT2D eigenvalue weighted by molar-refractivity contribution is 0.158. The fourth-order valence-electron chi connectivity index (χ4n) is 0.720. The number of rotatable bonds is 5. The molecule has 0 spiro atoms. The van der Waals surface area contributed by atoms with E-state index < -0.39 is 0 Å². The summed E-state index contributed by atoms with van der Waals surface area (Å²) in [7, 11) is 0. The summed E-state index contributed by atoms with van der Waals surface area (Å²) in [6.07, 6.45) is 5.70. The predicted octanol–water partition coefficient (Wildman–Crippen LogP) is 2.39. The SMILES string of the molecule is C=C/C(=C\C=C(/C)CN)OC(C)C. The van der Waals surface area contributed by atoms with E-state index in [-0.39, 0.29) is 6.10 Å². The van der Waals surface area contributed by atoms with Gasteiger partial charge in [0.05, 0.1) is 6.10 Å². The van der Waals surface area contributed by atoms with Crippen molar-refractivity contribution in [3.63, 3.8) is 0 Å². The van der Waals surface area contributed by atoms with Crippen molar-refractivity contribution in [2.24, 2.45) is 5.73 Å². The highest BCUT2D eigenvalue weighted by atomic mass is 16.5. The van der Waals surface area contributed by atoms with Crippen LogP contribution in [0.4, 0.5) is 0 Å². The van der Waals surface area contributed by atoms with E-state index in [1.165, 1.54) is 0 Å². The standard InChI is InChI=1S/C11H19NO/c1-5-11(13-9(2)3)7-6-10(4)8-12/h5-7,9H,1,8,12H2,2-4H3/b10-6+,11-7+. The molecule has 0 saturated carbocycles. The van der Waals surface area contributed by atoms with Gasteiger partial charge in [0.25, 0.3) is 0 Å². The zero-order valence-corrected chi connectivity index (χ0v) is 8.71. The van der Waals surface area contributed by atoms with Gasteiger partial charge in [-0.1, -0.05) is 18.2 Å². The Labute approximate surface area is 80.8 Å². The molecule has 0 aromatic carbocycles. The number of ether oxygens (including phenoxy) is 1. The minimum absolute atomic E-state index is 0.177. The summed E-state index contributed by atoms with van der Waals surface area (Å²) in [5.74, 6) is 0.780. The van der Waals surface area contributed by atoms with Gasteiger partial charge in [-0.15, -0.1) is 0 Å². The van der Waals surface area contributed by atoms with Gasteiger partial charge in [0.15, 0.2) is 0 Å². The van der Waals surface area contributed by atoms with Crippen molar-refractivity contribution in [3.05, 3.63) is 36.1 Å². The summed E-state index contributed by atoms with van der Waals surface area (Å²) in [6, 6.07) is 0. The molecule has 2 nitrogen and oxygen atoms in total. The maximum absolute atomic E-state index is 5.45. The summed E-state index contributed by atoms with van der Waals surface area (Å²) in [6.45, 7) is 10.2. The quantitative estimate of drug-likeness (QED) is 0.522. The number of nitrogens with two attached hydrogens (primary N) is 1. The van der Waals surface area contributed by atoms with Crippen LogP contribution in [0.2, 0.25) is 0 Å². The molecule has 0 aromatic heterocycles. The molecule has 0 amide bonds. The number of hydrogen-bond donors (Lipinski definition) is 1. The molecular formula is C11H19NO. The molecule has 74 valence electrons. The van der Waals surface area contributed by atoms with Gasteiger partial charge in [-0.3, -0.25) is 0 Å². The Kier molecular flexibility index (Phi) is 5.98. The van der Waals surface area contributed by atoms with Gasteiger partial charge in [-0.2, -0.15) is 0 Å². The second kappa shape index (κ2) is 6.49. The van der Waals surface area contributed by atoms with Gasteiger partial charge in [0, 0.05) is 6.54 Å². The number of allylic oxidation sites excluding steroid dienone is 3. The van der Waals surface area contributed by atoms with Crippen LogP contribution in [0, 0.1) is 0 Å². The van der Waals surface area contributed by atoms with Crippen LogP contribution in [-0.4, -0.2) is 12.6 Å². The molecule has 0 radical (unpaired) electrons. The van der Waals surface area contributed by atoms with Crippen molar-refractivity contribution in [3.8, 4) is 0 Å². The first-order valence-electron chi connectivity index (χ1n) is 4.46. The first-order chi connectivity index (χ1) is 6.10. The Morgan fingerprint density at radius 2 is 2.08 bits per heavy atom. The Hall–Kier alpha value is -1.02. The topological polar surface area (TPSA) is 35.2 Å². The zero-order chi connectivity index (χ0) is 10.3. The van der Waals surface area contributed by atoms with Gasteiger partial charge >= 0.3 is 0 Å². The predicted molar refractivity (Wildman–Crippen MR) is 57.3 cm³/mol. The second-order valence-electron chi connectivity index (χ2n) is 3.16. The third-order valence-corrected chi connectivity index (χ3v) is 1.43. The molecular weight excluding hydrogens is 162 g/mol. The van der Waals surface area contributed by atoms with Gasteiger partial charge in [0.2, 0.25) is 0 Å². The molecule has 2 N–H and O–H groups in total. The fourth-order valence-corrected chi connectivity index (χ4v) is 0.720. The van der Waals surface area contributed by atoms with Crippen LogP contribution in [0.5, 0.6) is 0 Å². The van der Waals surface area contributed by atoms with Crippen molar-refractivity contribution >= 4 is 0 Å². The monoisotopic (exact) mass is 181 g/mol. The molecule has 0 bridgehead atoms. The average Bonchev–Trinajstić information content (AvgIpc) is 2.10. The summed E-state index contributed by atoms with van der Waals surface area (Å²) in [5, 5.41) is 0. The first-order valence-corrected chi connectivity index (χ1v) is 4.46. The van der Waals surface area contributed by atoms with Crippen molar-refractivity contribution in [2.75, 3.05) is 6.54 Å². The van der Waals surface area contributed by atoms with Gasteiger partial charge in [-0.05, 0) is 32.9 Å². The van der Waals surface area contributed by atoms with Crippen LogP contribution in [0.15, 0.2) is 36.1 Å². The summed E-state index contributed by atoms with van der Waals surface area (Å²) >= 11 is 0. The van der Waals surface area contributed by atoms with E-state index in [1.807, 2.05) is 32.9 Å². The van der Waals surface area contributed by atoms with Crippen LogP contribution in [0.3, 0.4) is 0 Å². The lowest BCUT2D eigenvalue weighted by Gasteiger charge is -2.09. The van der Waals surface area contributed by atoms with Crippen LogP contribution >= 0.6 is 0 Å². The smallest absolute Gasteiger partial charge is 0.119 e. The molecule has 0 aliphatic heterocycles. The lowest BCUT2D eigenvalue weighted by Crippen LogP contribution is -2.01. The molecule has 0 atom stereocenters. The largest absolute Gasteiger partial charge is 0.491 e. The molecule has 0 aliphatic rings. The maximum Gasteiger partial charge on any atom is 0.119 e. The maximum atomic E-state index is 5.45. The van der Waals surface area contributed by atoms with E-state index in [1.54, 1.807) is 6.08 Å². The molecule has 0 rings (SSSR count). The van der Waals surface area contributed by atoms with Crippen LogP contribution in [0.1, 0.15) is 20.8 Å². The van der Waals surface area contributed by atoms with Gasteiger partial charge in [0.1, 0.15) is 5.76 Å².